The molecule has 0 aromatic heterocycles. The van der Waals surface area contributed by atoms with Crippen LogP contribution in [-0.2, 0) is 4.74 Å². The predicted octanol–water partition coefficient (Wildman–Crippen LogP) is 3.24. The Kier molecular flexibility index (Phi) is 6.00. The maximum atomic E-state index is 12.6. The van der Waals surface area contributed by atoms with Gasteiger partial charge in [-0.1, -0.05) is 37.3 Å². The van der Waals surface area contributed by atoms with E-state index in [-0.39, 0.29) is 17.7 Å². The number of carbonyl (C=O) groups is 1. The molecule has 124 valence electrons. The van der Waals surface area contributed by atoms with Gasteiger partial charge in [0, 0.05) is 13.0 Å². The molecular weight excluding hydrogens is 290 g/mol. The minimum atomic E-state index is -0.273. The molecule has 1 heterocycles. The Balaban J connectivity index is 2.04. The van der Waals surface area contributed by atoms with Gasteiger partial charge in [0.05, 0.1) is 30.9 Å². The summed E-state index contributed by atoms with van der Waals surface area (Å²) in [5.74, 6) is 0. The summed E-state index contributed by atoms with van der Waals surface area (Å²) < 4.78 is 5.78. The Morgan fingerprint density at radius 1 is 1.48 bits per heavy atom. The number of morpholine rings is 1. The molecule has 0 aliphatic carbocycles. The van der Waals surface area contributed by atoms with E-state index in [9.17, 15) is 4.79 Å². The molecule has 1 aliphatic heterocycles. The van der Waals surface area contributed by atoms with Crippen LogP contribution in [0.15, 0.2) is 30.3 Å². The topological polar surface area (TPSA) is 65.4 Å². The average molecular weight is 315 g/mol. The Labute approximate surface area is 138 Å². The molecule has 1 saturated heterocycles. The standard InChI is InChI=1S/C18H25N3O2/c1-3-18(2)14-21(12-13-23-18)17(22)20-16(10-7-11-19)15-8-5-4-6-9-15/h4-6,8-9,16H,3,7,10,12-14H2,1-2H3,(H,20,22)/t16-,18-/m1/s1. The number of hydrogen-bond donors (Lipinski definition) is 1. The second-order valence-electron chi connectivity index (χ2n) is 6.18. The third-order valence-corrected chi connectivity index (χ3v) is 4.42. The summed E-state index contributed by atoms with van der Waals surface area (Å²) in [6, 6.07) is 11.7. The van der Waals surface area contributed by atoms with E-state index in [0.717, 1.165) is 12.0 Å². The number of rotatable bonds is 5. The first-order valence-corrected chi connectivity index (χ1v) is 8.19. The van der Waals surface area contributed by atoms with Gasteiger partial charge < -0.3 is 15.0 Å². The molecule has 5 nitrogen and oxygen atoms in total. The summed E-state index contributed by atoms with van der Waals surface area (Å²) in [6.45, 7) is 5.86. The average Bonchev–Trinajstić information content (AvgIpc) is 2.59. The molecule has 2 rings (SSSR count). The van der Waals surface area contributed by atoms with Gasteiger partial charge in [-0.3, -0.25) is 0 Å². The summed E-state index contributed by atoms with van der Waals surface area (Å²) in [5, 5.41) is 11.9. The number of benzene rings is 1. The zero-order valence-electron chi connectivity index (χ0n) is 13.9. The second-order valence-corrected chi connectivity index (χ2v) is 6.18. The van der Waals surface area contributed by atoms with Crippen LogP contribution in [0.3, 0.4) is 0 Å². The maximum Gasteiger partial charge on any atom is 0.318 e. The van der Waals surface area contributed by atoms with Crippen molar-refractivity contribution in [1.29, 1.82) is 5.26 Å². The lowest BCUT2D eigenvalue weighted by atomic mass is 10.0. The molecule has 0 spiro atoms. The summed E-state index contributed by atoms with van der Waals surface area (Å²) in [6.07, 6.45) is 1.89. The zero-order valence-corrected chi connectivity index (χ0v) is 13.9. The van der Waals surface area contributed by atoms with E-state index in [1.807, 2.05) is 42.2 Å². The Morgan fingerprint density at radius 3 is 2.87 bits per heavy atom. The fourth-order valence-corrected chi connectivity index (χ4v) is 2.77. The van der Waals surface area contributed by atoms with Crippen molar-refractivity contribution in [3.63, 3.8) is 0 Å². The van der Waals surface area contributed by atoms with Crippen LogP contribution in [0.25, 0.3) is 0 Å². The van der Waals surface area contributed by atoms with Gasteiger partial charge in [-0.05, 0) is 25.3 Å². The number of nitriles is 1. The first kappa shape index (κ1) is 17.3. The molecule has 23 heavy (non-hydrogen) atoms. The van der Waals surface area contributed by atoms with Crippen LogP contribution in [0.1, 0.15) is 44.7 Å². The van der Waals surface area contributed by atoms with Crippen LogP contribution in [0.4, 0.5) is 4.79 Å². The third-order valence-electron chi connectivity index (χ3n) is 4.42. The van der Waals surface area contributed by atoms with E-state index < -0.39 is 0 Å². The second kappa shape index (κ2) is 7.98. The van der Waals surface area contributed by atoms with Crippen molar-refractivity contribution in [2.24, 2.45) is 0 Å². The van der Waals surface area contributed by atoms with Crippen molar-refractivity contribution >= 4 is 6.03 Å². The minimum absolute atomic E-state index is 0.0835. The van der Waals surface area contributed by atoms with E-state index in [0.29, 0.717) is 32.5 Å². The lowest BCUT2D eigenvalue weighted by molar-refractivity contribution is -0.0874. The molecule has 0 radical (unpaired) electrons. The molecule has 0 bridgehead atoms. The number of hydrogen-bond acceptors (Lipinski definition) is 3. The predicted molar refractivity (Wildman–Crippen MR) is 88.8 cm³/mol. The highest BCUT2D eigenvalue weighted by atomic mass is 16.5. The Morgan fingerprint density at radius 2 is 2.22 bits per heavy atom. The largest absolute Gasteiger partial charge is 0.372 e. The zero-order chi connectivity index (χ0) is 16.7. The molecule has 0 unspecified atom stereocenters. The number of nitrogens with one attached hydrogen (secondary N) is 1. The smallest absolute Gasteiger partial charge is 0.318 e. The summed E-state index contributed by atoms with van der Waals surface area (Å²) in [5.41, 5.74) is 0.757. The third kappa shape index (κ3) is 4.70. The normalized spacial score (nSPS) is 22.2. The fourth-order valence-electron chi connectivity index (χ4n) is 2.77. The first-order valence-electron chi connectivity index (χ1n) is 8.19. The van der Waals surface area contributed by atoms with Gasteiger partial charge in [0.25, 0.3) is 0 Å². The van der Waals surface area contributed by atoms with Crippen LogP contribution in [-0.4, -0.2) is 36.2 Å². The van der Waals surface area contributed by atoms with Crippen LogP contribution < -0.4 is 5.32 Å². The van der Waals surface area contributed by atoms with Gasteiger partial charge in [-0.25, -0.2) is 4.79 Å². The van der Waals surface area contributed by atoms with Gasteiger partial charge in [-0.15, -0.1) is 0 Å². The van der Waals surface area contributed by atoms with Crippen LogP contribution in [0, 0.1) is 11.3 Å². The van der Waals surface area contributed by atoms with Gasteiger partial charge in [0.15, 0.2) is 0 Å². The van der Waals surface area contributed by atoms with E-state index in [1.165, 1.54) is 0 Å². The summed E-state index contributed by atoms with van der Waals surface area (Å²) in [7, 11) is 0. The number of ether oxygens (including phenoxy) is 1. The highest BCUT2D eigenvalue weighted by Gasteiger charge is 2.33. The molecular formula is C18H25N3O2. The summed E-state index contributed by atoms with van der Waals surface area (Å²) >= 11 is 0. The number of carbonyl (C=O) groups excluding carboxylic acids is 1. The maximum absolute atomic E-state index is 12.6. The van der Waals surface area contributed by atoms with E-state index >= 15 is 0 Å². The van der Waals surface area contributed by atoms with E-state index in [1.54, 1.807) is 0 Å². The molecule has 2 atom stereocenters. The van der Waals surface area contributed by atoms with Crippen molar-refractivity contribution in [1.82, 2.24) is 10.2 Å². The molecule has 0 saturated carbocycles. The van der Waals surface area contributed by atoms with Crippen molar-refractivity contribution in [2.45, 2.75) is 44.8 Å². The molecule has 1 fully saturated rings. The highest BCUT2D eigenvalue weighted by Crippen LogP contribution is 2.23. The number of nitrogens with zero attached hydrogens (tertiary/aromatic N) is 2. The lowest BCUT2D eigenvalue weighted by Gasteiger charge is -2.40. The van der Waals surface area contributed by atoms with Crippen molar-refractivity contribution in [2.75, 3.05) is 19.7 Å². The molecule has 1 aromatic rings. The Hall–Kier alpha value is -2.06. The first-order chi connectivity index (χ1) is 11.1. The molecule has 1 N–H and O–H groups in total. The van der Waals surface area contributed by atoms with Crippen LogP contribution >= 0.6 is 0 Å². The number of urea groups is 1. The van der Waals surface area contributed by atoms with Gasteiger partial charge >= 0.3 is 6.03 Å². The van der Waals surface area contributed by atoms with Crippen molar-refractivity contribution < 1.29 is 9.53 Å². The quantitative estimate of drug-likeness (QED) is 0.907. The lowest BCUT2D eigenvalue weighted by Crippen LogP contribution is -2.54. The monoisotopic (exact) mass is 315 g/mol. The molecule has 5 heteroatoms. The van der Waals surface area contributed by atoms with Gasteiger partial charge in [-0.2, -0.15) is 5.26 Å². The van der Waals surface area contributed by atoms with Crippen LogP contribution in [0.2, 0.25) is 0 Å². The SMILES string of the molecule is CC[C@]1(C)CN(C(=O)N[C@H](CCC#N)c2ccccc2)CCO1. The molecule has 2 amide bonds. The minimum Gasteiger partial charge on any atom is -0.372 e. The number of amides is 2. The van der Waals surface area contributed by atoms with Crippen molar-refractivity contribution in [3.05, 3.63) is 35.9 Å². The molecule has 1 aromatic carbocycles. The van der Waals surface area contributed by atoms with Crippen molar-refractivity contribution in [3.8, 4) is 6.07 Å². The van der Waals surface area contributed by atoms with E-state index in [2.05, 4.69) is 18.3 Å². The van der Waals surface area contributed by atoms with Gasteiger partial charge in [0.1, 0.15) is 0 Å². The molecule has 1 aliphatic rings. The van der Waals surface area contributed by atoms with E-state index in [4.69, 9.17) is 10.00 Å². The Bertz CT molecular complexity index is 555. The van der Waals surface area contributed by atoms with Crippen LogP contribution in [0.5, 0.6) is 0 Å². The fraction of sp³-hybridized carbons (Fsp3) is 0.556. The van der Waals surface area contributed by atoms with Gasteiger partial charge in [0.2, 0.25) is 0 Å². The summed E-state index contributed by atoms with van der Waals surface area (Å²) in [4.78, 5) is 14.4. The highest BCUT2D eigenvalue weighted by molar-refractivity contribution is 5.75.